The first-order valence-corrected chi connectivity index (χ1v) is 5.81. The van der Waals surface area contributed by atoms with Gasteiger partial charge in [0, 0.05) is 7.11 Å². The molecule has 0 aliphatic heterocycles. The van der Waals surface area contributed by atoms with Crippen LogP contribution in [0.2, 0.25) is 0 Å². The zero-order valence-electron chi connectivity index (χ0n) is 10.6. The number of benzene rings is 2. The Balaban J connectivity index is 2.64. The summed E-state index contributed by atoms with van der Waals surface area (Å²) in [5.41, 5.74) is -1.30. The van der Waals surface area contributed by atoms with E-state index in [1.54, 1.807) is 0 Å². The van der Waals surface area contributed by atoms with Crippen molar-refractivity contribution >= 4 is 5.97 Å². The summed E-state index contributed by atoms with van der Waals surface area (Å²) in [6, 6.07) is 9.91. The average Bonchev–Trinajstić information content (AvgIpc) is 2.43. The van der Waals surface area contributed by atoms with E-state index in [0.29, 0.717) is 0 Å². The van der Waals surface area contributed by atoms with Crippen molar-refractivity contribution < 1.29 is 23.4 Å². The van der Waals surface area contributed by atoms with Crippen molar-refractivity contribution in [2.45, 2.75) is 5.60 Å². The number of ether oxygens (including phenoxy) is 1. The zero-order chi connectivity index (χ0) is 14.8. The van der Waals surface area contributed by atoms with E-state index in [4.69, 9.17) is 4.74 Å². The number of rotatable bonds is 4. The maximum absolute atomic E-state index is 13.0. The third-order valence-electron chi connectivity index (χ3n) is 3.11. The molecular weight excluding hydrogens is 266 g/mol. The molecule has 5 heteroatoms. The fraction of sp³-hybridized carbons (Fsp3) is 0.133. The highest BCUT2D eigenvalue weighted by molar-refractivity contribution is 5.84. The Hall–Kier alpha value is -2.27. The van der Waals surface area contributed by atoms with E-state index in [9.17, 15) is 18.7 Å². The molecule has 0 unspecified atom stereocenters. The molecule has 3 nitrogen and oxygen atoms in total. The Morgan fingerprint density at radius 1 is 0.950 bits per heavy atom. The molecule has 104 valence electrons. The fourth-order valence-corrected chi connectivity index (χ4v) is 2.11. The Kier molecular flexibility index (Phi) is 3.81. The molecule has 0 saturated heterocycles. The third-order valence-corrected chi connectivity index (χ3v) is 3.11. The second kappa shape index (κ2) is 5.38. The van der Waals surface area contributed by atoms with Gasteiger partial charge in [-0.15, -0.1) is 0 Å². The van der Waals surface area contributed by atoms with Gasteiger partial charge in [-0.2, -0.15) is 0 Å². The molecule has 2 rings (SSSR count). The smallest absolute Gasteiger partial charge is 0.345 e. The first kappa shape index (κ1) is 14.1. The Morgan fingerprint density at radius 2 is 1.30 bits per heavy atom. The molecule has 0 fully saturated rings. The summed E-state index contributed by atoms with van der Waals surface area (Å²) in [6.45, 7) is 0. The minimum atomic E-state index is -1.80. The Morgan fingerprint density at radius 3 is 1.55 bits per heavy atom. The second-order valence-corrected chi connectivity index (χ2v) is 4.20. The first-order chi connectivity index (χ1) is 9.50. The average molecular weight is 278 g/mol. The highest BCUT2D eigenvalue weighted by Gasteiger charge is 2.42. The van der Waals surface area contributed by atoms with Crippen molar-refractivity contribution in [2.75, 3.05) is 7.11 Å². The highest BCUT2D eigenvalue weighted by Crippen LogP contribution is 2.33. The second-order valence-electron chi connectivity index (χ2n) is 4.20. The molecule has 2 aromatic rings. The van der Waals surface area contributed by atoms with Gasteiger partial charge in [-0.05, 0) is 35.4 Å². The monoisotopic (exact) mass is 278 g/mol. The van der Waals surface area contributed by atoms with Gasteiger partial charge in [-0.1, -0.05) is 24.3 Å². The summed E-state index contributed by atoms with van der Waals surface area (Å²) in [6.07, 6.45) is 0. The SMILES string of the molecule is COC(C(=O)O)(c1ccc(F)cc1)c1ccc(F)cc1. The molecule has 0 aromatic heterocycles. The number of carboxylic acids is 1. The minimum absolute atomic E-state index is 0.250. The number of aliphatic carboxylic acids is 1. The third kappa shape index (κ3) is 2.28. The highest BCUT2D eigenvalue weighted by atomic mass is 19.1. The van der Waals surface area contributed by atoms with Crippen LogP contribution in [0.25, 0.3) is 0 Å². The number of hydrogen-bond acceptors (Lipinski definition) is 2. The van der Waals surface area contributed by atoms with Crippen molar-refractivity contribution in [1.29, 1.82) is 0 Å². The normalized spacial score (nSPS) is 11.3. The number of hydrogen-bond donors (Lipinski definition) is 1. The lowest BCUT2D eigenvalue weighted by atomic mass is 9.86. The number of halogens is 2. The van der Waals surface area contributed by atoms with Crippen molar-refractivity contribution in [3.8, 4) is 0 Å². The fourth-order valence-electron chi connectivity index (χ4n) is 2.11. The molecule has 0 aliphatic rings. The minimum Gasteiger partial charge on any atom is -0.479 e. The van der Waals surface area contributed by atoms with E-state index in [1.165, 1.54) is 31.4 Å². The van der Waals surface area contributed by atoms with E-state index in [1.807, 2.05) is 0 Å². The van der Waals surface area contributed by atoms with Gasteiger partial charge in [0.1, 0.15) is 11.6 Å². The molecule has 0 heterocycles. The van der Waals surface area contributed by atoms with E-state index in [0.717, 1.165) is 24.3 Å². The van der Waals surface area contributed by atoms with Crippen LogP contribution in [0.15, 0.2) is 48.5 Å². The largest absolute Gasteiger partial charge is 0.479 e. The van der Waals surface area contributed by atoms with Crippen LogP contribution in [0.1, 0.15) is 11.1 Å². The van der Waals surface area contributed by atoms with Crippen molar-refractivity contribution in [3.63, 3.8) is 0 Å². The molecule has 0 saturated carbocycles. The number of methoxy groups -OCH3 is 1. The van der Waals surface area contributed by atoms with Crippen LogP contribution in [0.3, 0.4) is 0 Å². The molecule has 0 radical (unpaired) electrons. The van der Waals surface area contributed by atoms with Gasteiger partial charge in [0.05, 0.1) is 0 Å². The molecule has 0 amide bonds. The number of carboxylic acid groups (broad SMARTS) is 1. The molecule has 0 bridgehead atoms. The van der Waals surface area contributed by atoms with E-state index in [-0.39, 0.29) is 11.1 Å². The molecule has 0 atom stereocenters. The van der Waals surface area contributed by atoms with Crippen LogP contribution in [0, 0.1) is 11.6 Å². The van der Waals surface area contributed by atoms with Crippen LogP contribution >= 0.6 is 0 Å². The lowest BCUT2D eigenvalue weighted by Gasteiger charge is -2.29. The van der Waals surface area contributed by atoms with Gasteiger partial charge in [-0.3, -0.25) is 0 Å². The molecule has 0 spiro atoms. The van der Waals surface area contributed by atoms with Crippen LogP contribution < -0.4 is 0 Å². The Bertz CT molecular complexity index is 561. The predicted octanol–water partition coefficient (Wildman–Crippen LogP) is 2.94. The standard InChI is InChI=1S/C15H12F2O3/c1-20-15(14(18)19,10-2-6-12(16)7-3-10)11-4-8-13(17)9-5-11/h2-9H,1H3,(H,18,19). The first-order valence-electron chi connectivity index (χ1n) is 5.81. The maximum Gasteiger partial charge on any atom is 0.345 e. The lowest BCUT2D eigenvalue weighted by molar-refractivity contribution is -0.158. The van der Waals surface area contributed by atoms with Gasteiger partial charge >= 0.3 is 5.97 Å². The summed E-state index contributed by atoms with van der Waals surface area (Å²) in [5, 5.41) is 9.56. The zero-order valence-corrected chi connectivity index (χ0v) is 10.6. The summed E-state index contributed by atoms with van der Waals surface area (Å²) in [5.74, 6) is -2.23. The van der Waals surface area contributed by atoms with Crippen LogP contribution in [0.5, 0.6) is 0 Å². The molecule has 20 heavy (non-hydrogen) atoms. The van der Waals surface area contributed by atoms with Crippen molar-refractivity contribution in [3.05, 3.63) is 71.3 Å². The summed E-state index contributed by atoms with van der Waals surface area (Å²) in [4.78, 5) is 11.7. The van der Waals surface area contributed by atoms with Gasteiger partial charge < -0.3 is 9.84 Å². The van der Waals surface area contributed by atoms with Gasteiger partial charge in [0.15, 0.2) is 0 Å². The summed E-state index contributed by atoms with van der Waals surface area (Å²) >= 11 is 0. The maximum atomic E-state index is 13.0. The van der Waals surface area contributed by atoms with E-state index in [2.05, 4.69) is 0 Å². The van der Waals surface area contributed by atoms with E-state index < -0.39 is 23.2 Å². The van der Waals surface area contributed by atoms with Crippen LogP contribution in [0.4, 0.5) is 8.78 Å². The molecular formula is C15H12F2O3. The molecule has 1 N–H and O–H groups in total. The van der Waals surface area contributed by atoms with E-state index >= 15 is 0 Å². The predicted molar refractivity (Wildman–Crippen MR) is 68.2 cm³/mol. The van der Waals surface area contributed by atoms with Gasteiger partial charge in [-0.25, -0.2) is 13.6 Å². The quantitative estimate of drug-likeness (QED) is 0.935. The summed E-state index contributed by atoms with van der Waals surface area (Å²) < 4.78 is 31.2. The van der Waals surface area contributed by atoms with Gasteiger partial charge in [0.25, 0.3) is 0 Å². The summed E-state index contributed by atoms with van der Waals surface area (Å²) in [7, 11) is 1.24. The van der Waals surface area contributed by atoms with Crippen molar-refractivity contribution in [1.82, 2.24) is 0 Å². The van der Waals surface area contributed by atoms with Crippen LogP contribution in [-0.4, -0.2) is 18.2 Å². The lowest BCUT2D eigenvalue weighted by Crippen LogP contribution is -2.39. The van der Waals surface area contributed by atoms with Crippen molar-refractivity contribution in [2.24, 2.45) is 0 Å². The molecule has 2 aromatic carbocycles. The van der Waals surface area contributed by atoms with Crippen LogP contribution in [-0.2, 0) is 15.1 Å². The Labute approximate surface area is 114 Å². The number of carbonyl (C=O) groups is 1. The van der Waals surface area contributed by atoms with Gasteiger partial charge in [0.2, 0.25) is 5.60 Å². The topological polar surface area (TPSA) is 46.5 Å². The molecule has 0 aliphatic carbocycles.